The van der Waals surface area contributed by atoms with Crippen molar-refractivity contribution >= 4 is 43.5 Å². The normalized spacial score (nSPS) is 13.4. The molecule has 2 aliphatic rings. The molecule has 0 N–H and O–H groups in total. The van der Waals surface area contributed by atoms with Gasteiger partial charge >= 0.3 is 0 Å². The summed E-state index contributed by atoms with van der Waals surface area (Å²) in [4.78, 5) is 0. The van der Waals surface area contributed by atoms with Crippen LogP contribution in [0.3, 0.4) is 0 Å². The second-order valence-electron chi connectivity index (χ2n) is 15.9. The number of hydrogen-bond acceptors (Lipinski definition) is 2. The Labute approximate surface area is 341 Å². The van der Waals surface area contributed by atoms with Crippen LogP contribution in [-0.4, -0.2) is 0 Å². The van der Waals surface area contributed by atoms with Crippen molar-refractivity contribution in [2.45, 2.75) is 5.41 Å². The highest BCUT2D eigenvalue weighted by atomic mass is 16.5. The maximum atomic E-state index is 6.52. The van der Waals surface area contributed by atoms with Crippen LogP contribution >= 0.6 is 0 Å². The van der Waals surface area contributed by atoms with E-state index < -0.39 is 5.41 Å². The number of benzene rings is 10. The van der Waals surface area contributed by atoms with Crippen LogP contribution in [0.25, 0.3) is 88.0 Å². The van der Waals surface area contributed by atoms with Gasteiger partial charge in [0.15, 0.2) is 0 Å². The molecule has 13 rings (SSSR count). The van der Waals surface area contributed by atoms with Crippen molar-refractivity contribution in [1.29, 1.82) is 0 Å². The van der Waals surface area contributed by atoms with Crippen molar-refractivity contribution < 1.29 is 9.15 Å². The zero-order valence-corrected chi connectivity index (χ0v) is 31.9. The molecule has 0 amide bonds. The van der Waals surface area contributed by atoms with Gasteiger partial charge in [0, 0.05) is 21.7 Å². The van der Waals surface area contributed by atoms with Crippen molar-refractivity contribution in [2.24, 2.45) is 0 Å². The van der Waals surface area contributed by atoms with Gasteiger partial charge in [0.05, 0.1) is 5.41 Å². The van der Waals surface area contributed by atoms with Crippen LogP contribution < -0.4 is 4.74 Å². The van der Waals surface area contributed by atoms with Gasteiger partial charge in [-0.05, 0) is 114 Å². The average molecular weight is 751 g/mol. The molecule has 0 atom stereocenters. The SMILES string of the molecule is c1ccc(C2(c3ccccc3)c3ccc(-c4ccc5c6c(cccc46)-c4ccccc4O5)cc3-c3c2ccc2c(-c4ccc5oc6ccccc6c5c4)cccc32)cc1. The molecule has 0 saturated heterocycles. The van der Waals surface area contributed by atoms with Crippen molar-refractivity contribution in [3.05, 3.63) is 229 Å². The Balaban J connectivity index is 1.09. The summed E-state index contributed by atoms with van der Waals surface area (Å²) >= 11 is 0. The van der Waals surface area contributed by atoms with Gasteiger partial charge in [-0.15, -0.1) is 0 Å². The van der Waals surface area contributed by atoms with Crippen LogP contribution in [-0.2, 0) is 5.41 Å². The van der Waals surface area contributed by atoms with Crippen molar-refractivity contribution in [3.63, 3.8) is 0 Å². The topological polar surface area (TPSA) is 22.4 Å². The summed E-state index contributed by atoms with van der Waals surface area (Å²) < 4.78 is 12.8. The molecule has 0 spiro atoms. The Bertz CT molecular complexity index is 3480. The Kier molecular flexibility index (Phi) is 6.68. The number of hydrogen-bond donors (Lipinski definition) is 0. The fourth-order valence-corrected chi connectivity index (χ4v) is 10.5. The van der Waals surface area contributed by atoms with Gasteiger partial charge in [0.1, 0.15) is 22.7 Å². The highest BCUT2D eigenvalue weighted by molar-refractivity contribution is 6.13. The number of fused-ring (bicyclic) bond motifs is 10. The Morgan fingerprint density at radius 1 is 0.322 bits per heavy atom. The lowest BCUT2D eigenvalue weighted by atomic mass is 9.67. The van der Waals surface area contributed by atoms with Crippen LogP contribution in [0.15, 0.2) is 211 Å². The van der Waals surface area contributed by atoms with E-state index in [2.05, 4.69) is 188 Å². The minimum Gasteiger partial charge on any atom is -0.456 e. The molecule has 2 heterocycles. The molecular formula is C57H34O2. The third kappa shape index (κ3) is 4.46. The van der Waals surface area contributed by atoms with Crippen LogP contribution in [0.4, 0.5) is 0 Å². The van der Waals surface area contributed by atoms with Gasteiger partial charge in [-0.2, -0.15) is 0 Å². The van der Waals surface area contributed by atoms with Gasteiger partial charge in [0.25, 0.3) is 0 Å². The summed E-state index contributed by atoms with van der Waals surface area (Å²) in [6, 6.07) is 75.3. The van der Waals surface area contributed by atoms with E-state index in [4.69, 9.17) is 9.15 Å². The minimum absolute atomic E-state index is 0.526. The van der Waals surface area contributed by atoms with Crippen LogP contribution in [0.2, 0.25) is 0 Å². The lowest BCUT2D eigenvalue weighted by Gasteiger charge is -2.34. The first kappa shape index (κ1) is 32.4. The Morgan fingerprint density at radius 2 is 0.949 bits per heavy atom. The number of para-hydroxylation sites is 2. The third-order valence-corrected chi connectivity index (χ3v) is 13.0. The Hall–Kier alpha value is -7.68. The minimum atomic E-state index is -0.526. The molecule has 0 bridgehead atoms. The summed E-state index contributed by atoms with van der Waals surface area (Å²) in [5, 5.41) is 7.08. The first-order valence-corrected chi connectivity index (χ1v) is 20.3. The van der Waals surface area contributed by atoms with E-state index in [1.54, 1.807) is 0 Å². The maximum absolute atomic E-state index is 6.52. The highest BCUT2D eigenvalue weighted by Gasteiger charge is 2.47. The van der Waals surface area contributed by atoms with Crippen LogP contribution in [0.1, 0.15) is 22.3 Å². The molecule has 59 heavy (non-hydrogen) atoms. The lowest BCUT2D eigenvalue weighted by molar-refractivity contribution is 0.487. The quantitative estimate of drug-likeness (QED) is 0.179. The number of rotatable bonds is 4. The lowest BCUT2D eigenvalue weighted by Crippen LogP contribution is -2.28. The van der Waals surface area contributed by atoms with Gasteiger partial charge in [-0.1, -0.05) is 170 Å². The van der Waals surface area contributed by atoms with Crippen LogP contribution in [0, 0.1) is 0 Å². The number of furan rings is 1. The van der Waals surface area contributed by atoms with Crippen LogP contribution in [0.5, 0.6) is 11.5 Å². The molecule has 1 aromatic heterocycles. The van der Waals surface area contributed by atoms with E-state index in [0.717, 1.165) is 44.4 Å². The zero-order chi connectivity index (χ0) is 38.7. The first-order valence-electron chi connectivity index (χ1n) is 20.3. The molecule has 274 valence electrons. The molecule has 0 unspecified atom stereocenters. The highest BCUT2D eigenvalue weighted by Crippen LogP contribution is 2.59. The van der Waals surface area contributed by atoms with Gasteiger partial charge < -0.3 is 9.15 Å². The monoisotopic (exact) mass is 750 g/mol. The van der Waals surface area contributed by atoms with Crippen molar-refractivity contribution in [2.75, 3.05) is 0 Å². The second kappa shape index (κ2) is 12.2. The summed E-state index contributed by atoms with van der Waals surface area (Å²) in [5.74, 6) is 1.80. The third-order valence-electron chi connectivity index (χ3n) is 13.0. The molecule has 0 radical (unpaired) electrons. The van der Waals surface area contributed by atoms with Gasteiger partial charge in [-0.25, -0.2) is 0 Å². The Morgan fingerprint density at radius 3 is 1.80 bits per heavy atom. The van der Waals surface area contributed by atoms with E-state index in [-0.39, 0.29) is 0 Å². The van der Waals surface area contributed by atoms with E-state index in [0.29, 0.717) is 0 Å². The summed E-state index contributed by atoms with van der Waals surface area (Å²) in [5.41, 5.74) is 16.0. The average Bonchev–Trinajstić information content (AvgIpc) is 3.83. The molecular weight excluding hydrogens is 717 g/mol. The molecule has 0 saturated carbocycles. The van der Waals surface area contributed by atoms with E-state index in [1.165, 1.54) is 77.4 Å². The molecule has 1 aliphatic carbocycles. The fourth-order valence-electron chi connectivity index (χ4n) is 10.5. The zero-order valence-electron chi connectivity index (χ0n) is 31.9. The predicted molar refractivity (Wildman–Crippen MR) is 242 cm³/mol. The van der Waals surface area contributed by atoms with Crippen molar-refractivity contribution in [3.8, 4) is 56.0 Å². The van der Waals surface area contributed by atoms with E-state index >= 15 is 0 Å². The molecule has 1 aliphatic heterocycles. The second-order valence-corrected chi connectivity index (χ2v) is 15.9. The first-order chi connectivity index (χ1) is 29.3. The summed E-state index contributed by atoms with van der Waals surface area (Å²) in [6.45, 7) is 0. The van der Waals surface area contributed by atoms with E-state index in [9.17, 15) is 0 Å². The summed E-state index contributed by atoms with van der Waals surface area (Å²) in [6.07, 6.45) is 0. The smallest absolute Gasteiger partial charge is 0.135 e. The van der Waals surface area contributed by atoms with Crippen molar-refractivity contribution in [1.82, 2.24) is 0 Å². The van der Waals surface area contributed by atoms with Gasteiger partial charge in [-0.3, -0.25) is 0 Å². The summed E-state index contributed by atoms with van der Waals surface area (Å²) in [7, 11) is 0. The predicted octanol–water partition coefficient (Wildman–Crippen LogP) is 15.4. The molecule has 11 aromatic rings. The standard InChI is InChI=1S/C57H34O2/c1-3-13-37(14-4-1)57(38-15-5-2-6-16-38)49-29-25-35(40-28-32-54-56-44(40)20-12-22-46(56)42-17-7-9-23-51(42)59-54)34-48(49)55-45-21-11-19-39(41(45)27-30-50(55)57)36-26-31-53-47(33-36)43-18-8-10-24-52(43)58-53/h1-34H. The largest absolute Gasteiger partial charge is 0.456 e. The molecule has 2 nitrogen and oxygen atoms in total. The van der Waals surface area contributed by atoms with E-state index in [1.807, 2.05) is 18.2 Å². The van der Waals surface area contributed by atoms with Gasteiger partial charge in [0.2, 0.25) is 0 Å². The maximum Gasteiger partial charge on any atom is 0.135 e. The number of ether oxygens (including phenoxy) is 1. The molecule has 10 aromatic carbocycles. The molecule has 2 heteroatoms. The fraction of sp³-hybridized carbons (Fsp3) is 0.0175. The molecule has 0 fully saturated rings.